The smallest absolute Gasteiger partial charge is 0.338 e. The number of phenols is 1. The number of hydrogen-bond acceptors (Lipinski definition) is 3. The van der Waals surface area contributed by atoms with E-state index in [4.69, 9.17) is 21.4 Å². The van der Waals surface area contributed by atoms with Crippen molar-refractivity contribution in [3.8, 4) is 5.75 Å². The zero-order valence-electron chi connectivity index (χ0n) is 10.0. The third kappa shape index (κ3) is 4.27. The monoisotopic (exact) mass is 256 g/mol. The normalized spacial score (nSPS) is 14.1. The molecule has 0 radical (unpaired) electrons. The van der Waals surface area contributed by atoms with Crippen LogP contribution in [0.2, 0.25) is 0 Å². The van der Waals surface area contributed by atoms with Crippen molar-refractivity contribution >= 4 is 17.6 Å². The number of aromatic hydroxyl groups is 1. The molecule has 0 heterocycles. The summed E-state index contributed by atoms with van der Waals surface area (Å²) in [7, 11) is 0. The van der Waals surface area contributed by atoms with Crippen molar-refractivity contribution in [1.82, 2.24) is 0 Å². The van der Waals surface area contributed by atoms with E-state index < -0.39 is 5.97 Å². The molecule has 3 nitrogen and oxygen atoms in total. The van der Waals surface area contributed by atoms with Gasteiger partial charge in [0.05, 0.1) is 10.9 Å². The molecule has 17 heavy (non-hydrogen) atoms. The zero-order valence-corrected chi connectivity index (χ0v) is 10.8. The van der Waals surface area contributed by atoms with Gasteiger partial charge >= 0.3 is 5.97 Å². The van der Waals surface area contributed by atoms with Crippen LogP contribution in [0.3, 0.4) is 0 Å². The number of ether oxygens (including phenoxy) is 1. The van der Waals surface area contributed by atoms with Crippen LogP contribution in [0.15, 0.2) is 24.3 Å². The van der Waals surface area contributed by atoms with Crippen molar-refractivity contribution in [1.29, 1.82) is 0 Å². The molecule has 0 saturated heterocycles. The van der Waals surface area contributed by atoms with E-state index in [2.05, 4.69) is 0 Å². The van der Waals surface area contributed by atoms with Gasteiger partial charge in [0.15, 0.2) is 0 Å². The third-order valence-corrected chi connectivity index (χ3v) is 3.29. The van der Waals surface area contributed by atoms with Gasteiger partial charge in [-0.05, 0) is 30.2 Å². The maximum Gasteiger partial charge on any atom is 0.338 e. The molecule has 0 amide bonds. The molecule has 2 atom stereocenters. The minimum absolute atomic E-state index is 0.122. The number of esters is 1. The molecule has 0 aliphatic rings. The number of rotatable bonds is 5. The van der Waals surface area contributed by atoms with Crippen LogP contribution >= 0.6 is 11.6 Å². The first-order valence-corrected chi connectivity index (χ1v) is 6.08. The van der Waals surface area contributed by atoms with E-state index in [1.807, 2.05) is 13.8 Å². The number of carbonyl (C=O) groups is 1. The van der Waals surface area contributed by atoms with Crippen LogP contribution in [0.4, 0.5) is 0 Å². The summed E-state index contributed by atoms with van der Waals surface area (Å²) in [5.41, 5.74) is 0.413. The molecule has 4 heteroatoms. The van der Waals surface area contributed by atoms with Gasteiger partial charge < -0.3 is 9.84 Å². The second-order valence-electron chi connectivity index (χ2n) is 4.05. The molecule has 1 aromatic carbocycles. The summed E-state index contributed by atoms with van der Waals surface area (Å²) in [5.74, 6) is 0.0135. The lowest BCUT2D eigenvalue weighted by Gasteiger charge is -2.15. The predicted octanol–water partition coefficient (Wildman–Crippen LogP) is 3.20. The van der Waals surface area contributed by atoms with Gasteiger partial charge in [0.1, 0.15) is 12.4 Å². The molecule has 0 aliphatic heterocycles. The number of alkyl halides is 1. The molecule has 0 saturated carbocycles. The van der Waals surface area contributed by atoms with Crippen molar-refractivity contribution in [2.45, 2.75) is 25.6 Å². The summed E-state index contributed by atoms with van der Waals surface area (Å²) in [6.07, 6.45) is 0.949. The summed E-state index contributed by atoms with van der Waals surface area (Å²) in [5, 5.41) is 8.92. The number of hydrogen-bond donors (Lipinski definition) is 1. The van der Waals surface area contributed by atoms with Crippen LogP contribution in [-0.4, -0.2) is 23.1 Å². The van der Waals surface area contributed by atoms with Crippen molar-refractivity contribution in [2.75, 3.05) is 6.61 Å². The Bertz CT molecular complexity index is 361. The second-order valence-corrected chi connectivity index (χ2v) is 4.61. The standard InChI is InChI=1S/C13H17ClO3/c1-3-9(2)12(14)8-17-13(16)10-4-6-11(15)7-5-10/h4-7,9,12,15H,3,8H2,1-2H3/t9-,12+/m0/s1. The number of halogens is 1. The second kappa shape index (κ2) is 6.50. The summed E-state index contributed by atoms with van der Waals surface area (Å²) in [4.78, 5) is 11.6. The largest absolute Gasteiger partial charge is 0.508 e. The highest BCUT2D eigenvalue weighted by molar-refractivity contribution is 6.21. The Morgan fingerprint density at radius 3 is 2.53 bits per heavy atom. The fourth-order valence-electron chi connectivity index (χ4n) is 1.26. The Balaban J connectivity index is 2.47. The number of benzene rings is 1. The molecule has 0 unspecified atom stereocenters. The first kappa shape index (κ1) is 13.8. The quantitative estimate of drug-likeness (QED) is 0.650. The Hall–Kier alpha value is -1.22. The van der Waals surface area contributed by atoms with E-state index >= 15 is 0 Å². The third-order valence-electron chi connectivity index (χ3n) is 2.74. The van der Waals surface area contributed by atoms with Crippen molar-refractivity contribution in [3.63, 3.8) is 0 Å². The predicted molar refractivity (Wildman–Crippen MR) is 67.5 cm³/mol. The SMILES string of the molecule is CC[C@H](C)[C@H](Cl)COC(=O)c1ccc(O)cc1. The minimum Gasteiger partial charge on any atom is -0.508 e. The van der Waals surface area contributed by atoms with Crippen molar-refractivity contribution in [2.24, 2.45) is 5.92 Å². The number of phenolic OH excluding ortho intramolecular Hbond substituents is 1. The average molecular weight is 257 g/mol. The van der Waals surface area contributed by atoms with E-state index in [-0.39, 0.29) is 17.7 Å². The fourth-order valence-corrected chi connectivity index (χ4v) is 1.50. The summed E-state index contributed by atoms with van der Waals surface area (Å²) in [6.45, 7) is 4.27. The van der Waals surface area contributed by atoms with Gasteiger partial charge in [-0.2, -0.15) is 0 Å². The van der Waals surface area contributed by atoms with Crippen LogP contribution in [0, 0.1) is 5.92 Å². The van der Waals surface area contributed by atoms with Gasteiger partial charge in [0.2, 0.25) is 0 Å². The molecule has 1 N–H and O–H groups in total. The number of carbonyl (C=O) groups excluding carboxylic acids is 1. The highest BCUT2D eigenvalue weighted by Crippen LogP contribution is 2.15. The average Bonchev–Trinajstić information content (AvgIpc) is 2.35. The lowest BCUT2D eigenvalue weighted by Crippen LogP contribution is -2.20. The molecule has 0 fully saturated rings. The first-order chi connectivity index (χ1) is 8.04. The maximum absolute atomic E-state index is 11.6. The van der Waals surface area contributed by atoms with E-state index in [9.17, 15) is 4.79 Å². The Morgan fingerprint density at radius 1 is 1.41 bits per heavy atom. The Morgan fingerprint density at radius 2 is 2.00 bits per heavy atom. The first-order valence-electron chi connectivity index (χ1n) is 5.64. The Kier molecular flexibility index (Phi) is 5.29. The summed E-state index contributed by atoms with van der Waals surface area (Å²) >= 11 is 6.07. The maximum atomic E-state index is 11.6. The fraction of sp³-hybridized carbons (Fsp3) is 0.462. The topological polar surface area (TPSA) is 46.5 Å². The van der Waals surface area contributed by atoms with Crippen molar-refractivity contribution < 1.29 is 14.6 Å². The lowest BCUT2D eigenvalue weighted by molar-refractivity contribution is 0.0489. The van der Waals surface area contributed by atoms with Gasteiger partial charge in [0.25, 0.3) is 0 Å². The molecule has 0 bridgehead atoms. The van der Waals surface area contributed by atoms with Crippen LogP contribution in [0.5, 0.6) is 5.75 Å². The minimum atomic E-state index is -0.418. The van der Waals surface area contributed by atoms with E-state index in [0.717, 1.165) is 6.42 Å². The summed E-state index contributed by atoms with van der Waals surface area (Å²) in [6, 6.07) is 5.93. The molecular formula is C13H17ClO3. The van der Waals surface area contributed by atoms with E-state index in [1.54, 1.807) is 0 Å². The lowest BCUT2D eigenvalue weighted by atomic mass is 10.1. The van der Waals surface area contributed by atoms with E-state index in [0.29, 0.717) is 11.5 Å². The molecule has 0 spiro atoms. The van der Waals surface area contributed by atoms with Crippen molar-refractivity contribution in [3.05, 3.63) is 29.8 Å². The van der Waals surface area contributed by atoms with Gasteiger partial charge in [-0.15, -0.1) is 11.6 Å². The summed E-state index contributed by atoms with van der Waals surface area (Å²) < 4.78 is 5.10. The molecule has 0 aromatic heterocycles. The molecule has 0 aliphatic carbocycles. The van der Waals surface area contributed by atoms with Crippen LogP contribution in [0.25, 0.3) is 0 Å². The van der Waals surface area contributed by atoms with Crippen LogP contribution in [0.1, 0.15) is 30.6 Å². The molecule has 1 aromatic rings. The van der Waals surface area contributed by atoms with Gasteiger partial charge in [0, 0.05) is 0 Å². The molecule has 94 valence electrons. The molecular weight excluding hydrogens is 240 g/mol. The van der Waals surface area contributed by atoms with Crippen LogP contribution < -0.4 is 0 Å². The highest BCUT2D eigenvalue weighted by atomic mass is 35.5. The van der Waals surface area contributed by atoms with Gasteiger partial charge in [-0.25, -0.2) is 4.79 Å². The Labute approximate surface area is 106 Å². The molecule has 1 rings (SSSR count). The van der Waals surface area contributed by atoms with Crippen LogP contribution in [-0.2, 0) is 4.74 Å². The van der Waals surface area contributed by atoms with Gasteiger partial charge in [-0.1, -0.05) is 20.3 Å². The van der Waals surface area contributed by atoms with E-state index in [1.165, 1.54) is 24.3 Å². The van der Waals surface area contributed by atoms with Gasteiger partial charge in [-0.3, -0.25) is 0 Å². The highest BCUT2D eigenvalue weighted by Gasteiger charge is 2.15. The zero-order chi connectivity index (χ0) is 12.8.